The average Bonchev–Trinajstić information content (AvgIpc) is 2.79. The third-order valence-corrected chi connectivity index (χ3v) is 5.59. The summed E-state index contributed by atoms with van der Waals surface area (Å²) in [5, 5.41) is 6.87. The normalized spacial score (nSPS) is 16.3. The van der Waals surface area contributed by atoms with E-state index in [0.717, 1.165) is 63.8 Å². The molecule has 1 aliphatic heterocycles. The Kier molecular flexibility index (Phi) is 7.94. The maximum Gasteiger partial charge on any atom is 0.191 e. The van der Waals surface area contributed by atoms with Gasteiger partial charge >= 0.3 is 0 Å². The van der Waals surface area contributed by atoms with Crippen molar-refractivity contribution in [2.75, 3.05) is 40.0 Å². The number of nitrogens with zero attached hydrogens (tertiary/aromatic N) is 1. The molecule has 0 radical (unpaired) electrons. The number of methoxy groups -OCH3 is 1. The van der Waals surface area contributed by atoms with Gasteiger partial charge in [0.15, 0.2) is 5.96 Å². The van der Waals surface area contributed by atoms with Crippen LogP contribution in [0, 0.1) is 0 Å². The number of guanidine groups is 1. The maximum atomic E-state index is 5.64. The first-order valence-corrected chi connectivity index (χ1v) is 10.5. The minimum Gasteiger partial charge on any atom is -0.497 e. The van der Waals surface area contributed by atoms with Crippen molar-refractivity contribution in [1.29, 1.82) is 0 Å². The summed E-state index contributed by atoms with van der Waals surface area (Å²) in [6, 6.07) is 19.0. The fraction of sp³-hybridized carbons (Fsp3) is 0.458. The topological polar surface area (TPSA) is 54.9 Å². The van der Waals surface area contributed by atoms with Gasteiger partial charge in [-0.3, -0.25) is 4.99 Å². The van der Waals surface area contributed by atoms with Gasteiger partial charge in [0.1, 0.15) is 5.75 Å². The van der Waals surface area contributed by atoms with Crippen molar-refractivity contribution in [2.24, 2.45) is 4.99 Å². The molecule has 0 unspecified atom stereocenters. The molecule has 2 N–H and O–H groups in total. The molecule has 1 saturated heterocycles. The molecule has 156 valence electrons. The summed E-state index contributed by atoms with van der Waals surface area (Å²) in [7, 11) is 1.69. The van der Waals surface area contributed by atoms with E-state index in [-0.39, 0.29) is 5.41 Å². The highest BCUT2D eigenvalue weighted by Gasteiger charge is 2.34. The summed E-state index contributed by atoms with van der Waals surface area (Å²) < 4.78 is 10.9. The van der Waals surface area contributed by atoms with Crippen molar-refractivity contribution < 1.29 is 9.47 Å². The maximum absolute atomic E-state index is 5.64. The molecule has 3 rings (SSSR count). The van der Waals surface area contributed by atoms with E-state index in [4.69, 9.17) is 14.5 Å². The van der Waals surface area contributed by atoms with Gasteiger partial charge in [0.05, 0.1) is 13.7 Å². The lowest BCUT2D eigenvalue weighted by Gasteiger charge is -2.36. The second-order valence-corrected chi connectivity index (χ2v) is 7.48. The number of benzene rings is 2. The summed E-state index contributed by atoms with van der Waals surface area (Å²) in [5.41, 5.74) is 2.69. The van der Waals surface area contributed by atoms with Gasteiger partial charge in [-0.25, -0.2) is 0 Å². The molecule has 0 spiro atoms. The first kappa shape index (κ1) is 21.2. The molecular weight excluding hydrogens is 362 g/mol. The summed E-state index contributed by atoms with van der Waals surface area (Å²) in [6.45, 7) is 6.13. The van der Waals surface area contributed by atoms with E-state index in [1.54, 1.807) is 7.11 Å². The molecule has 2 aromatic carbocycles. The number of ether oxygens (including phenoxy) is 2. The highest BCUT2D eigenvalue weighted by Crippen LogP contribution is 2.35. The van der Waals surface area contributed by atoms with Gasteiger partial charge in [0, 0.05) is 31.7 Å². The van der Waals surface area contributed by atoms with Crippen LogP contribution in [0.15, 0.2) is 59.6 Å². The van der Waals surface area contributed by atoms with Crippen molar-refractivity contribution in [3.8, 4) is 5.75 Å². The van der Waals surface area contributed by atoms with Gasteiger partial charge in [-0.1, -0.05) is 42.5 Å². The standard InChI is InChI=1S/C24H33N3O2/c1-3-25-23(26-16-13-20-9-11-22(28-2)12-10-20)27-19-24(14-17-29-18-15-24)21-7-5-4-6-8-21/h4-12H,3,13-19H2,1-2H3,(H2,25,26,27). The Bertz CT molecular complexity index is 753. The molecule has 5 nitrogen and oxygen atoms in total. The Morgan fingerprint density at radius 3 is 2.41 bits per heavy atom. The molecule has 0 bridgehead atoms. The number of hydrogen-bond acceptors (Lipinski definition) is 3. The summed E-state index contributed by atoms with van der Waals surface area (Å²) >= 11 is 0. The Morgan fingerprint density at radius 2 is 1.76 bits per heavy atom. The van der Waals surface area contributed by atoms with Crippen molar-refractivity contribution >= 4 is 5.96 Å². The van der Waals surface area contributed by atoms with E-state index in [2.05, 4.69) is 60.0 Å². The minimum atomic E-state index is 0.0534. The fourth-order valence-corrected chi connectivity index (χ4v) is 3.78. The van der Waals surface area contributed by atoms with Crippen LogP contribution in [-0.2, 0) is 16.6 Å². The molecule has 5 heteroatoms. The van der Waals surface area contributed by atoms with Crippen molar-refractivity contribution in [3.05, 3.63) is 65.7 Å². The third kappa shape index (κ3) is 5.97. The molecule has 1 fully saturated rings. The van der Waals surface area contributed by atoms with Gasteiger partial charge in [0.25, 0.3) is 0 Å². The van der Waals surface area contributed by atoms with Crippen LogP contribution < -0.4 is 15.4 Å². The second-order valence-electron chi connectivity index (χ2n) is 7.48. The van der Waals surface area contributed by atoms with E-state index >= 15 is 0 Å². The van der Waals surface area contributed by atoms with Crippen LogP contribution in [0.1, 0.15) is 30.9 Å². The fourth-order valence-electron chi connectivity index (χ4n) is 3.78. The van der Waals surface area contributed by atoms with Crippen LogP contribution in [0.4, 0.5) is 0 Å². The van der Waals surface area contributed by atoms with Gasteiger partial charge in [-0.2, -0.15) is 0 Å². The van der Waals surface area contributed by atoms with Gasteiger partial charge < -0.3 is 20.1 Å². The average molecular weight is 396 g/mol. The summed E-state index contributed by atoms with van der Waals surface area (Å²) in [5.74, 6) is 1.77. The highest BCUT2D eigenvalue weighted by atomic mass is 16.5. The predicted molar refractivity (Wildman–Crippen MR) is 119 cm³/mol. The van der Waals surface area contributed by atoms with Crippen LogP contribution in [0.5, 0.6) is 5.75 Å². The zero-order chi connectivity index (χ0) is 20.4. The van der Waals surface area contributed by atoms with E-state index in [1.165, 1.54) is 11.1 Å². The molecule has 0 aliphatic carbocycles. The lowest BCUT2D eigenvalue weighted by atomic mass is 9.74. The van der Waals surface area contributed by atoms with Gasteiger partial charge in [-0.15, -0.1) is 0 Å². The molecule has 1 heterocycles. The molecular formula is C24H33N3O2. The van der Waals surface area contributed by atoms with Crippen molar-refractivity contribution in [2.45, 2.75) is 31.6 Å². The predicted octanol–water partition coefficient (Wildman–Crippen LogP) is 3.54. The zero-order valence-electron chi connectivity index (χ0n) is 17.6. The molecule has 1 aliphatic rings. The zero-order valence-corrected chi connectivity index (χ0v) is 17.6. The smallest absolute Gasteiger partial charge is 0.191 e. The molecule has 0 aromatic heterocycles. The quantitative estimate of drug-likeness (QED) is 0.530. The highest BCUT2D eigenvalue weighted by molar-refractivity contribution is 5.79. The largest absolute Gasteiger partial charge is 0.497 e. The van der Waals surface area contributed by atoms with E-state index in [0.29, 0.717) is 0 Å². The van der Waals surface area contributed by atoms with Crippen LogP contribution >= 0.6 is 0 Å². The molecule has 2 aromatic rings. The van der Waals surface area contributed by atoms with E-state index in [9.17, 15) is 0 Å². The Hall–Kier alpha value is -2.53. The Morgan fingerprint density at radius 1 is 1.03 bits per heavy atom. The number of nitrogens with one attached hydrogen (secondary N) is 2. The van der Waals surface area contributed by atoms with Crippen LogP contribution in [0.2, 0.25) is 0 Å². The van der Waals surface area contributed by atoms with E-state index < -0.39 is 0 Å². The van der Waals surface area contributed by atoms with Crippen LogP contribution in [0.3, 0.4) is 0 Å². The lowest BCUT2D eigenvalue weighted by molar-refractivity contribution is 0.0531. The molecule has 0 saturated carbocycles. The first-order chi connectivity index (χ1) is 14.3. The third-order valence-electron chi connectivity index (χ3n) is 5.59. The number of rotatable bonds is 8. The van der Waals surface area contributed by atoms with Gasteiger partial charge in [-0.05, 0) is 49.4 Å². The molecule has 0 atom stereocenters. The van der Waals surface area contributed by atoms with Crippen LogP contribution in [-0.4, -0.2) is 45.9 Å². The lowest BCUT2D eigenvalue weighted by Crippen LogP contribution is -2.41. The minimum absolute atomic E-state index is 0.0534. The van der Waals surface area contributed by atoms with Crippen LogP contribution in [0.25, 0.3) is 0 Å². The summed E-state index contributed by atoms with van der Waals surface area (Å²) in [4.78, 5) is 4.96. The van der Waals surface area contributed by atoms with E-state index in [1.807, 2.05) is 12.1 Å². The van der Waals surface area contributed by atoms with Crippen molar-refractivity contribution in [3.63, 3.8) is 0 Å². The van der Waals surface area contributed by atoms with Crippen molar-refractivity contribution in [1.82, 2.24) is 10.6 Å². The first-order valence-electron chi connectivity index (χ1n) is 10.5. The Balaban J connectivity index is 1.63. The molecule has 0 amide bonds. The monoisotopic (exact) mass is 395 g/mol. The SMILES string of the molecule is CCNC(=NCC1(c2ccccc2)CCOCC1)NCCc1ccc(OC)cc1. The Labute approximate surface area is 174 Å². The molecule has 29 heavy (non-hydrogen) atoms. The van der Waals surface area contributed by atoms with Gasteiger partial charge in [0.2, 0.25) is 0 Å². The summed E-state index contributed by atoms with van der Waals surface area (Å²) in [6.07, 6.45) is 2.95. The number of hydrogen-bond donors (Lipinski definition) is 2. The number of aliphatic imine (C=N–C) groups is 1. The second kappa shape index (κ2) is 10.9.